The summed E-state index contributed by atoms with van der Waals surface area (Å²) in [7, 11) is 5.06. The number of benzene rings is 1. The molecule has 27 heavy (non-hydrogen) atoms. The molecule has 146 valence electrons. The summed E-state index contributed by atoms with van der Waals surface area (Å²) < 4.78 is 15.8. The van der Waals surface area contributed by atoms with E-state index in [9.17, 15) is 0 Å². The van der Waals surface area contributed by atoms with Gasteiger partial charge < -0.3 is 24.8 Å². The SMILES string of the molecule is CN=C(NCc1ccc(OCCOC)nc1)NCc1ccc(C)cc1OC. The van der Waals surface area contributed by atoms with Crippen molar-refractivity contribution in [3.8, 4) is 11.6 Å². The van der Waals surface area contributed by atoms with E-state index in [1.54, 1.807) is 27.5 Å². The fraction of sp³-hybridized carbons (Fsp3) is 0.400. The monoisotopic (exact) mass is 372 g/mol. The number of aromatic nitrogens is 1. The molecule has 0 fully saturated rings. The summed E-state index contributed by atoms with van der Waals surface area (Å²) in [6.07, 6.45) is 1.78. The van der Waals surface area contributed by atoms with Gasteiger partial charge in [-0.05, 0) is 24.1 Å². The highest BCUT2D eigenvalue weighted by atomic mass is 16.5. The number of ether oxygens (including phenoxy) is 3. The van der Waals surface area contributed by atoms with E-state index in [4.69, 9.17) is 14.2 Å². The summed E-state index contributed by atoms with van der Waals surface area (Å²) in [4.78, 5) is 8.54. The highest BCUT2D eigenvalue weighted by Crippen LogP contribution is 2.19. The first kappa shape index (κ1) is 20.5. The number of methoxy groups -OCH3 is 2. The van der Waals surface area contributed by atoms with Gasteiger partial charge in [0, 0.05) is 45.1 Å². The second-order valence-corrected chi connectivity index (χ2v) is 5.94. The molecule has 1 aromatic carbocycles. The van der Waals surface area contributed by atoms with E-state index in [0.29, 0.717) is 38.1 Å². The van der Waals surface area contributed by atoms with Gasteiger partial charge in [-0.15, -0.1) is 0 Å². The molecular weight excluding hydrogens is 344 g/mol. The minimum atomic E-state index is 0.486. The van der Waals surface area contributed by atoms with E-state index < -0.39 is 0 Å². The van der Waals surface area contributed by atoms with Gasteiger partial charge in [0.05, 0.1) is 13.7 Å². The molecule has 0 unspecified atom stereocenters. The molecule has 0 saturated carbocycles. The minimum Gasteiger partial charge on any atom is -0.496 e. The molecule has 1 heterocycles. The van der Waals surface area contributed by atoms with Gasteiger partial charge in [0.1, 0.15) is 12.4 Å². The molecule has 0 bridgehead atoms. The van der Waals surface area contributed by atoms with Crippen molar-refractivity contribution in [1.82, 2.24) is 15.6 Å². The molecule has 1 aromatic heterocycles. The van der Waals surface area contributed by atoms with Crippen LogP contribution in [0.3, 0.4) is 0 Å². The van der Waals surface area contributed by atoms with E-state index in [0.717, 1.165) is 16.9 Å². The van der Waals surface area contributed by atoms with Crippen LogP contribution in [-0.2, 0) is 17.8 Å². The van der Waals surface area contributed by atoms with Crippen LogP contribution in [0.1, 0.15) is 16.7 Å². The van der Waals surface area contributed by atoms with E-state index in [2.05, 4.69) is 32.7 Å². The topological polar surface area (TPSA) is 77.0 Å². The third kappa shape index (κ3) is 6.79. The van der Waals surface area contributed by atoms with Gasteiger partial charge in [0.25, 0.3) is 0 Å². The van der Waals surface area contributed by atoms with E-state index in [1.807, 2.05) is 25.1 Å². The number of hydrogen-bond donors (Lipinski definition) is 2. The lowest BCUT2D eigenvalue weighted by Gasteiger charge is -2.14. The Morgan fingerprint density at radius 1 is 1.07 bits per heavy atom. The Morgan fingerprint density at radius 2 is 1.89 bits per heavy atom. The van der Waals surface area contributed by atoms with Crippen LogP contribution in [-0.4, -0.2) is 45.4 Å². The van der Waals surface area contributed by atoms with Gasteiger partial charge >= 0.3 is 0 Å². The van der Waals surface area contributed by atoms with Gasteiger partial charge in [-0.3, -0.25) is 4.99 Å². The first-order valence-electron chi connectivity index (χ1n) is 8.81. The van der Waals surface area contributed by atoms with Crippen molar-refractivity contribution in [2.24, 2.45) is 4.99 Å². The lowest BCUT2D eigenvalue weighted by Crippen LogP contribution is -2.36. The normalized spacial score (nSPS) is 11.2. The maximum atomic E-state index is 5.46. The van der Waals surface area contributed by atoms with Gasteiger partial charge in [-0.25, -0.2) is 4.98 Å². The number of hydrogen-bond acceptors (Lipinski definition) is 5. The number of aryl methyl sites for hydroxylation is 1. The second-order valence-electron chi connectivity index (χ2n) is 5.94. The van der Waals surface area contributed by atoms with E-state index >= 15 is 0 Å². The lowest BCUT2D eigenvalue weighted by atomic mass is 10.1. The number of rotatable bonds is 9. The Bertz CT molecular complexity index is 733. The Balaban J connectivity index is 1.83. The predicted octanol–water partition coefficient (Wildman–Crippen LogP) is 2.29. The molecule has 7 nitrogen and oxygen atoms in total. The Hall–Kier alpha value is -2.80. The van der Waals surface area contributed by atoms with Crippen molar-refractivity contribution in [2.45, 2.75) is 20.0 Å². The molecule has 0 aliphatic heterocycles. The standard InChI is InChI=1S/C20H28N4O3/c1-15-5-7-17(18(11-15)26-4)14-24-20(21-2)23-13-16-6-8-19(22-12-16)27-10-9-25-3/h5-8,11-12H,9-10,13-14H2,1-4H3,(H2,21,23,24). The summed E-state index contributed by atoms with van der Waals surface area (Å²) in [6.45, 7) is 4.30. The molecule has 0 radical (unpaired) electrons. The number of nitrogens with zero attached hydrogens (tertiary/aromatic N) is 2. The maximum absolute atomic E-state index is 5.46. The Labute approximate surface area is 160 Å². The van der Waals surface area contributed by atoms with Gasteiger partial charge in [0.15, 0.2) is 5.96 Å². The summed E-state index contributed by atoms with van der Waals surface area (Å²) in [5.41, 5.74) is 3.27. The minimum absolute atomic E-state index is 0.486. The average molecular weight is 372 g/mol. The number of nitrogens with one attached hydrogen (secondary N) is 2. The third-order valence-corrected chi connectivity index (χ3v) is 3.91. The highest BCUT2D eigenvalue weighted by molar-refractivity contribution is 5.79. The third-order valence-electron chi connectivity index (χ3n) is 3.91. The van der Waals surface area contributed by atoms with Crippen molar-refractivity contribution < 1.29 is 14.2 Å². The molecule has 0 amide bonds. The zero-order valence-corrected chi connectivity index (χ0v) is 16.4. The average Bonchev–Trinajstić information content (AvgIpc) is 2.70. The van der Waals surface area contributed by atoms with E-state index in [-0.39, 0.29) is 0 Å². The fourth-order valence-corrected chi connectivity index (χ4v) is 2.41. The molecule has 7 heteroatoms. The number of pyridine rings is 1. The van der Waals surface area contributed by atoms with Crippen LogP contribution in [0.4, 0.5) is 0 Å². The van der Waals surface area contributed by atoms with Crippen LogP contribution in [0.2, 0.25) is 0 Å². The summed E-state index contributed by atoms with van der Waals surface area (Å²) in [5.74, 6) is 2.16. The highest BCUT2D eigenvalue weighted by Gasteiger charge is 2.05. The lowest BCUT2D eigenvalue weighted by molar-refractivity contribution is 0.143. The Morgan fingerprint density at radius 3 is 2.56 bits per heavy atom. The van der Waals surface area contributed by atoms with Crippen LogP contribution >= 0.6 is 0 Å². The summed E-state index contributed by atoms with van der Waals surface area (Å²) in [6, 6.07) is 9.96. The molecule has 0 saturated heterocycles. The second kappa shape index (κ2) is 11.0. The maximum Gasteiger partial charge on any atom is 0.213 e. The van der Waals surface area contributed by atoms with Crippen molar-refractivity contribution in [3.63, 3.8) is 0 Å². The molecule has 0 atom stereocenters. The number of guanidine groups is 1. The van der Waals surface area contributed by atoms with Gasteiger partial charge in [-0.1, -0.05) is 18.2 Å². The summed E-state index contributed by atoms with van der Waals surface area (Å²) >= 11 is 0. The molecule has 0 spiro atoms. The Kier molecular flexibility index (Phi) is 8.38. The van der Waals surface area contributed by atoms with Crippen LogP contribution < -0.4 is 20.1 Å². The van der Waals surface area contributed by atoms with Crippen molar-refractivity contribution in [3.05, 3.63) is 53.2 Å². The first-order chi connectivity index (χ1) is 13.2. The number of aliphatic imine (C=N–C) groups is 1. The molecule has 0 aliphatic rings. The van der Waals surface area contributed by atoms with Crippen LogP contribution in [0.15, 0.2) is 41.5 Å². The molecule has 0 aliphatic carbocycles. The van der Waals surface area contributed by atoms with Crippen molar-refractivity contribution in [1.29, 1.82) is 0 Å². The van der Waals surface area contributed by atoms with Gasteiger partial charge in [-0.2, -0.15) is 0 Å². The van der Waals surface area contributed by atoms with Crippen LogP contribution in [0.25, 0.3) is 0 Å². The fourth-order valence-electron chi connectivity index (χ4n) is 2.41. The molecule has 2 rings (SSSR count). The quantitative estimate of drug-likeness (QED) is 0.400. The smallest absolute Gasteiger partial charge is 0.213 e. The molecule has 2 aromatic rings. The predicted molar refractivity (Wildman–Crippen MR) is 106 cm³/mol. The van der Waals surface area contributed by atoms with Crippen LogP contribution in [0, 0.1) is 6.92 Å². The largest absolute Gasteiger partial charge is 0.496 e. The molecule has 2 N–H and O–H groups in total. The van der Waals surface area contributed by atoms with Gasteiger partial charge in [0.2, 0.25) is 5.88 Å². The van der Waals surface area contributed by atoms with Crippen LogP contribution in [0.5, 0.6) is 11.6 Å². The zero-order chi connectivity index (χ0) is 19.5. The zero-order valence-electron chi connectivity index (χ0n) is 16.4. The first-order valence-corrected chi connectivity index (χ1v) is 8.81. The summed E-state index contributed by atoms with van der Waals surface area (Å²) in [5, 5.41) is 6.57. The van der Waals surface area contributed by atoms with Crippen molar-refractivity contribution >= 4 is 5.96 Å². The van der Waals surface area contributed by atoms with E-state index in [1.165, 1.54) is 5.56 Å². The van der Waals surface area contributed by atoms with Crippen molar-refractivity contribution in [2.75, 3.05) is 34.5 Å². The molecular formula is C20H28N4O3.